The maximum atomic E-state index is 10.9. The molecule has 1 aliphatic rings. The third kappa shape index (κ3) is 4.95. The highest BCUT2D eigenvalue weighted by Crippen LogP contribution is 2.37. The van der Waals surface area contributed by atoms with Gasteiger partial charge < -0.3 is 14.6 Å². The Hall–Kier alpha value is -3.89. The lowest BCUT2D eigenvalue weighted by molar-refractivity contribution is 0.0838. The van der Waals surface area contributed by atoms with E-state index in [1.54, 1.807) is 0 Å². The van der Waals surface area contributed by atoms with E-state index < -0.39 is 6.23 Å². The molecule has 0 saturated heterocycles. The molecule has 6 rings (SSSR count). The highest BCUT2D eigenvalue weighted by atomic mass is 16.5. The molecule has 3 N–H and O–H groups in total. The number of benzene rings is 1. The quantitative estimate of drug-likeness (QED) is 0.217. The summed E-state index contributed by atoms with van der Waals surface area (Å²) in [5.41, 5.74) is 8.99. The van der Waals surface area contributed by atoms with Gasteiger partial charge in [-0.3, -0.25) is 10.00 Å². The first kappa shape index (κ1) is 27.3. The van der Waals surface area contributed by atoms with Crippen molar-refractivity contribution in [2.24, 2.45) is 0 Å². The van der Waals surface area contributed by atoms with Gasteiger partial charge in [-0.15, -0.1) is 0 Å². The number of H-pyrrole nitrogens is 1. The lowest BCUT2D eigenvalue weighted by Crippen LogP contribution is -2.29. The van der Waals surface area contributed by atoms with E-state index >= 15 is 0 Å². The Morgan fingerprint density at radius 1 is 1.15 bits per heavy atom. The molecule has 1 unspecified atom stereocenters. The molecule has 4 aromatic heterocycles. The molecular weight excluding hydrogens is 516 g/mol. The van der Waals surface area contributed by atoms with Crippen molar-refractivity contribution in [1.82, 2.24) is 40.2 Å². The number of aryl methyl sites for hydroxylation is 2. The molecular formula is C31H38N8O2. The van der Waals surface area contributed by atoms with E-state index in [0.29, 0.717) is 11.5 Å². The summed E-state index contributed by atoms with van der Waals surface area (Å²) in [5.74, 6) is 1.55. The number of hydrogen-bond donors (Lipinski definition) is 3. The normalized spacial score (nSPS) is 16.5. The minimum atomic E-state index is -1.04. The van der Waals surface area contributed by atoms with Crippen LogP contribution in [0.1, 0.15) is 100 Å². The Bertz CT molecular complexity index is 1720. The molecule has 41 heavy (non-hydrogen) atoms. The summed E-state index contributed by atoms with van der Waals surface area (Å²) in [6.45, 7) is 14.4. The minimum Gasteiger partial charge on any atom is -0.370 e. The lowest BCUT2D eigenvalue weighted by Gasteiger charge is -2.28. The molecule has 5 aromatic rings. The predicted molar refractivity (Wildman–Crippen MR) is 157 cm³/mol. The van der Waals surface area contributed by atoms with Crippen LogP contribution in [0.4, 0.5) is 0 Å². The van der Waals surface area contributed by atoms with Gasteiger partial charge in [-0.1, -0.05) is 44.1 Å². The zero-order valence-corrected chi connectivity index (χ0v) is 24.8. The van der Waals surface area contributed by atoms with Crippen molar-refractivity contribution in [2.75, 3.05) is 0 Å². The van der Waals surface area contributed by atoms with Crippen LogP contribution in [0.2, 0.25) is 0 Å². The molecule has 0 bridgehead atoms. The predicted octanol–water partition coefficient (Wildman–Crippen LogP) is 6.02. The number of pyridine rings is 1. The monoisotopic (exact) mass is 554 g/mol. The van der Waals surface area contributed by atoms with Gasteiger partial charge in [0.05, 0.1) is 16.8 Å². The first-order valence-corrected chi connectivity index (χ1v) is 14.3. The fraction of sp³-hybridized carbons (Fsp3) is 0.452. The Morgan fingerprint density at radius 2 is 1.95 bits per heavy atom. The number of nitrogens with zero attached hydrogens (tertiary/aromatic N) is 6. The summed E-state index contributed by atoms with van der Waals surface area (Å²) < 4.78 is 7.41. The molecule has 1 aromatic carbocycles. The summed E-state index contributed by atoms with van der Waals surface area (Å²) in [7, 11) is 0. The van der Waals surface area contributed by atoms with Crippen LogP contribution in [0.3, 0.4) is 0 Å². The van der Waals surface area contributed by atoms with Crippen LogP contribution < -0.4 is 5.32 Å². The molecule has 10 heteroatoms. The van der Waals surface area contributed by atoms with Crippen LogP contribution in [-0.2, 0) is 11.8 Å². The van der Waals surface area contributed by atoms with Crippen LogP contribution in [0, 0.1) is 13.8 Å². The van der Waals surface area contributed by atoms with Gasteiger partial charge in [0.15, 0.2) is 17.7 Å². The number of aliphatic hydroxyl groups is 1. The molecule has 0 fully saturated rings. The maximum absolute atomic E-state index is 10.9. The topological polar surface area (TPSA) is 131 Å². The van der Waals surface area contributed by atoms with Crippen molar-refractivity contribution < 1.29 is 9.63 Å². The highest BCUT2D eigenvalue weighted by Gasteiger charge is 2.28. The number of hydrogen-bond acceptors (Lipinski definition) is 8. The van der Waals surface area contributed by atoms with E-state index in [1.165, 1.54) is 11.1 Å². The summed E-state index contributed by atoms with van der Waals surface area (Å²) in [6.07, 6.45) is 3.67. The summed E-state index contributed by atoms with van der Waals surface area (Å²) >= 11 is 0. The Kier molecular flexibility index (Phi) is 6.78. The smallest absolute Gasteiger partial charge is 0.270 e. The first-order chi connectivity index (χ1) is 19.5. The second-order valence-corrected chi connectivity index (χ2v) is 12.4. The zero-order valence-electron chi connectivity index (χ0n) is 24.8. The average molecular weight is 555 g/mol. The van der Waals surface area contributed by atoms with Gasteiger partial charge in [0, 0.05) is 35.0 Å². The molecule has 0 radical (unpaired) electrons. The van der Waals surface area contributed by atoms with Crippen LogP contribution in [0.15, 0.2) is 35.0 Å². The number of aromatic nitrogens is 7. The van der Waals surface area contributed by atoms with Gasteiger partial charge in [-0.25, -0.2) is 9.97 Å². The van der Waals surface area contributed by atoms with Gasteiger partial charge in [-0.2, -0.15) is 10.1 Å². The van der Waals surface area contributed by atoms with Crippen molar-refractivity contribution >= 4 is 11.2 Å². The van der Waals surface area contributed by atoms with Crippen LogP contribution in [0.5, 0.6) is 0 Å². The molecule has 0 spiro atoms. The summed E-state index contributed by atoms with van der Waals surface area (Å²) in [6, 6.07) is 8.83. The van der Waals surface area contributed by atoms with Gasteiger partial charge >= 0.3 is 0 Å². The Labute approximate surface area is 239 Å². The maximum Gasteiger partial charge on any atom is 0.270 e. The SMILES string of the molecule is Cc1nn(C(C)C)c(C)c1-c1nc2nccc(-c3ccc4c(c3)CCC[C@@H]4NC(O)c3nc(C(C)(C)C)no3)c2[nH]1. The van der Waals surface area contributed by atoms with Gasteiger partial charge in [0.2, 0.25) is 0 Å². The number of fused-ring (bicyclic) bond motifs is 2. The standard InChI is InChI=1S/C31H38N8O2/c1-16(2)39-18(4)24(17(3)37-39)26-34-25-22(13-14-32-27(25)35-26)20-11-12-21-19(15-20)9-8-10-23(21)33-28(40)29-36-30(38-41-29)31(5,6)7/h11-16,23,28,33,40H,8-10H2,1-7H3,(H,32,34,35)/t23-,28?/m0/s1. The molecule has 0 amide bonds. The molecule has 214 valence electrons. The van der Waals surface area contributed by atoms with Gasteiger partial charge in [0.25, 0.3) is 5.89 Å². The Morgan fingerprint density at radius 3 is 2.66 bits per heavy atom. The molecule has 2 atom stereocenters. The van der Waals surface area contributed by atoms with Gasteiger partial charge in [-0.05, 0) is 69.7 Å². The van der Waals surface area contributed by atoms with Crippen LogP contribution in [-0.4, -0.2) is 40.0 Å². The Balaban J connectivity index is 1.30. The zero-order chi connectivity index (χ0) is 29.1. The summed E-state index contributed by atoms with van der Waals surface area (Å²) in [4.78, 5) is 17.4. The molecule has 0 aliphatic heterocycles. The van der Waals surface area contributed by atoms with Crippen molar-refractivity contribution in [3.05, 3.63) is 64.7 Å². The van der Waals surface area contributed by atoms with Crippen LogP contribution in [0.25, 0.3) is 33.7 Å². The largest absolute Gasteiger partial charge is 0.370 e. The average Bonchev–Trinajstić information content (AvgIpc) is 3.65. The van der Waals surface area contributed by atoms with E-state index in [1.807, 2.05) is 44.6 Å². The number of aliphatic hydroxyl groups excluding tert-OH is 1. The van der Waals surface area contributed by atoms with E-state index in [9.17, 15) is 5.11 Å². The van der Waals surface area contributed by atoms with E-state index in [0.717, 1.165) is 58.7 Å². The third-order valence-electron chi connectivity index (χ3n) is 7.92. The van der Waals surface area contributed by atoms with Crippen molar-refractivity contribution in [2.45, 2.75) is 91.5 Å². The summed E-state index contributed by atoms with van der Waals surface area (Å²) in [5, 5.41) is 23.0. The first-order valence-electron chi connectivity index (χ1n) is 14.3. The fourth-order valence-electron chi connectivity index (χ4n) is 5.85. The molecule has 10 nitrogen and oxygen atoms in total. The lowest BCUT2D eigenvalue weighted by atomic mass is 9.85. The van der Waals surface area contributed by atoms with Gasteiger partial charge in [0.1, 0.15) is 5.82 Å². The minimum absolute atomic E-state index is 0.0209. The number of rotatable bonds is 6. The second-order valence-electron chi connectivity index (χ2n) is 12.4. The molecule has 4 heterocycles. The van der Waals surface area contributed by atoms with E-state index in [2.05, 4.69) is 64.4 Å². The highest BCUT2D eigenvalue weighted by molar-refractivity contribution is 5.91. The number of imidazole rings is 1. The van der Waals surface area contributed by atoms with Crippen LogP contribution >= 0.6 is 0 Å². The van der Waals surface area contributed by atoms with Crippen molar-refractivity contribution in [3.63, 3.8) is 0 Å². The number of aromatic amines is 1. The van der Waals surface area contributed by atoms with E-state index in [4.69, 9.17) is 14.6 Å². The molecule has 0 saturated carbocycles. The molecule has 1 aliphatic carbocycles. The fourth-order valence-corrected chi connectivity index (χ4v) is 5.85. The van der Waals surface area contributed by atoms with Crippen molar-refractivity contribution in [1.29, 1.82) is 0 Å². The second kappa shape index (κ2) is 10.2. The third-order valence-corrected chi connectivity index (χ3v) is 7.92. The van der Waals surface area contributed by atoms with E-state index in [-0.39, 0.29) is 23.4 Å². The van der Waals surface area contributed by atoms with Crippen molar-refractivity contribution in [3.8, 4) is 22.5 Å². The number of nitrogens with one attached hydrogen (secondary N) is 2.